The first-order valence-electron chi connectivity index (χ1n) is 9.46. The lowest BCUT2D eigenvalue weighted by atomic mass is 10.2. The first-order chi connectivity index (χ1) is 14.0. The molecule has 1 aromatic heterocycles. The number of nitrogens with one attached hydrogen (secondary N) is 2. The zero-order valence-electron chi connectivity index (χ0n) is 17.3. The van der Waals surface area contributed by atoms with Crippen LogP contribution < -0.4 is 15.5 Å². The van der Waals surface area contributed by atoms with Gasteiger partial charge in [-0.3, -0.25) is 9.59 Å². The van der Waals surface area contributed by atoms with Crippen LogP contribution in [0.25, 0.3) is 5.69 Å². The van der Waals surface area contributed by atoms with Gasteiger partial charge in [0, 0.05) is 36.3 Å². The smallest absolute Gasteiger partial charge is 0.249 e. The zero-order valence-corrected chi connectivity index (χ0v) is 17.3. The number of aryl methyl sites for hydroxylation is 1. The number of carbonyl (C=O) groups is 2. The van der Waals surface area contributed by atoms with Crippen molar-refractivity contribution in [1.29, 1.82) is 0 Å². The summed E-state index contributed by atoms with van der Waals surface area (Å²) in [6.07, 6.45) is 1.29. The molecule has 0 aliphatic carbocycles. The van der Waals surface area contributed by atoms with E-state index in [1.807, 2.05) is 51.1 Å². The van der Waals surface area contributed by atoms with Gasteiger partial charge in [-0.2, -0.15) is 5.10 Å². The van der Waals surface area contributed by atoms with E-state index in [2.05, 4.69) is 20.4 Å². The van der Waals surface area contributed by atoms with Gasteiger partial charge in [0.15, 0.2) is 0 Å². The molecule has 2 rings (SSSR count). The number of benzene rings is 1. The summed E-state index contributed by atoms with van der Waals surface area (Å²) in [5.41, 5.74) is 6.30. The third kappa shape index (κ3) is 6.46. The molecule has 0 saturated heterocycles. The standard InChI is InChI=1S/C21H28N4O4/c1-5-29-19-8-6-18(7-9-19)25-15(2)12-17(16(25)3)14-23-24-21(27)13-20(26)22-10-11-28-4/h6-9,12,14H,5,10-11,13H2,1-4H3,(H,22,26)(H,24,27)/b23-14+. The van der Waals surface area contributed by atoms with Gasteiger partial charge in [-0.1, -0.05) is 0 Å². The van der Waals surface area contributed by atoms with E-state index in [-0.39, 0.29) is 12.3 Å². The van der Waals surface area contributed by atoms with Crippen LogP contribution in [0.2, 0.25) is 0 Å². The summed E-state index contributed by atoms with van der Waals surface area (Å²) in [6, 6.07) is 9.84. The molecule has 0 unspecified atom stereocenters. The number of amides is 2. The van der Waals surface area contributed by atoms with Crippen LogP contribution in [0.15, 0.2) is 35.4 Å². The topological polar surface area (TPSA) is 94.0 Å². The molecule has 0 fully saturated rings. The van der Waals surface area contributed by atoms with Gasteiger partial charge in [0.05, 0.1) is 19.4 Å². The van der Waals surface area contributed by atoms with E-state index in [1.54, 1.807) is 13.3 Å². The normalized spacial score (nSPS) is 10.9. The van der Waals surface area contributed by atoms with E-state index < -0.39 is 5.91 Å². The van der Waals surface area contributed by atoms with E-state index in [0.717, 1.165) is 28.4 Å². The molecule has 0 spiro atoms. The molecule has 0 aliphatic rings. The highest BCUT2D eigenvalue weighted by Gasteiger charge is 2.11. The number of hydrogen-bond acceptors (Lipinski definition) is 5. The van der Waals surface area contributed by atoms with Gasteiger partial charge in [-0.15, -0.1) is 0 Å². The lowest BCUT2D eigenvalue weighted by molar-refractivity contribution is -0.129. The molecular formula is C21H28N4O4. The Morgan fingerprint density at radius 1 is 1.17 bits per heavy atom. The van der Waals surface area contributed by atoms with Gasteiger partial charge in [0.1, 0.15) is 12.2 Å². The number of aromatic nitrogens is 1. The Hall–Kier alpha value is -3.13. The van der Waals surface area contributed by atoms with Crippen LogP contribution >= 0.6 is 0 Å². The minimum atomic E-state index is -0.475. The predicted molar refractivity (Wildman–Crippen MR) is 112 cm³/mol. The van der Waals surface area contributed by atoms with Crippen LogP contribution in [-0.2, 0) is 14.3 Å². The maximum Gasteiger partial charge on any atom is 0.249 e. The second-order valence-corrected chi connectivity index (χ2v) is 6.40. The Kier molecular flexibility index (Phi) is 8.42. The molecule has 29 heavy (non-hydrogen) atoms. The number of rotatable bonds is 10. The molecular weight excluding hydrogens is 372 g/mol. The molecule has 8 heteroatoms. The monoisotopic (exact) mass is 400 g/mol. The lowest BCUT2D eigenvalue weighted by Crippen LogP contribution is -2.31. The molecule has 156 valence electrons. The highest BCUT2D eigenvalue weighted by Crippen LogP contribution is 2.22. The van der Waals surface area contributed by atoms with Crippen LogP contribution in [0.4, 0.5) is 0 Å². The Morgan fingerprint density at radius 2 is 1.90 bits per heavy atom. The van der Waals surface area contributed by atoms with Gasteiger partial charge < -0.3 is 19.4 Å². The van der Waals surface area contributed by atoms with Crippen molar-refractivity contribution >= 4 is 18.0 Å². The number of ether oxygens (including phenoxy) is 2. The maximum atomic E-state index is 11.8. The average molecular weight is 400 g/mol. The van der Waals surface area contributed by atoms with E-state index in [9.17, 15) is 9.59 Å². The summed E-state index contributed by atoms with van der Waals surface area (Å²) < 4.78 is 12.4. The zero-order chi connectivity index (χ0) is 21.2. The Balaban J connectivity index is 1.99. The molecule has 8 nitrogen and oxygen atoms in total. The van der Waals surface area contributed by atoms with Gasteiger partial charge in [0.25, 0.3) is 0 Å². The number of nitrogens with zero attached hydrogens (tertiary/aromatic N) is 2. The van der Waals surface area contributed by atoms with Crippen LogP contribution in [0.1, 0.15) is 30.3 Å². The quantitative estimate of drug-likeness (QED) is 0.276. The molecule has 1 aromatic carbocycles. The number of methoxy groups -OCH3 is 1. The van der Waals surface area contributed by atoms with Crippen LogP contribution in [-0.4, -0.2) is 49.5 Å². The Bertz CT molecular complexity index is 856. The summed E-state index contributed by atoms with van der Waals surface area (Å²) in [7, 11) is 1.54. The van der Waals surface area contributed by atoms with Crippen molar-refractivity contribution in [2.45, 2.75) is 27.2 Å². The third-order valence-corrected chi connectivity index (χ3v) is 4.22. The van der Waals surface area contributed by atoms with Gasteiger partial charge in [-0.25, -0.2) is 5.43 Å². The van der Waals surface area contributed by atoms with Crippen molar-refractivity contribution in [3.05, 3.63) is 47.3 Å². The fourth-order valence-corrected chi connectivity index (χ4v) is 2.89. The number of hydrogen-bond donors (Lipinski definition) is 2. The number of carbonyl (C=O) groups excluding carboxylic acids is 2. The molecule has 2 N–H and O–H groups in total. The average Bonchev–Trinajstić information content (AvgIpc) is 2.96. The van der Waals surface area contributed by atoms with E-state index in [4.69, 9.17) is 9.47 Å². The first-order valence-corrected chi connectivity index (χ1v) is 9.46. The van der Waals surface area contributed by atoms with Crippen molar-refractivity contribution in [2.24, 2.45) is 5.10 Å². The molecule has 1 heterocycles. The second kappa shape index (κ2) is 11.0. The maximum absolute atomic E-state index is 11.8. The summed E-state index contributed by atoms with van der Waals surface area (Å²) in [6.45, 7) is 7.33. The van der Waals surface area contributed by atoms with E-state index >= 15 is 0 Å². The fraction of sp³-hybridized carbons (Fsp3) is 0.381. The third-order valence-electron chi connectivity index (χ3n) is 4.22. The summed E-state index contributed by atoms with van der Waals surface area (Å²) >= 11 is 0. The van der Waals surface area contributed by atoms with Gasteiger partial charge in [-0.05, 0) is 51.1 Å². The molecule has 0 atom stereocenters. The molecule has 0 saturated carbocycles. The van der Waals surface area contributed by atoms with Gasteiger partial charge in [0.2, 0.25) is 11.8 Å². The summed E-state index contributed by atoms with van der Waals surface area (Å²) in [5.74, 6) is -0.0191. The van der Waals surface area contributed by atoms with Crippen molar-refractivity contribution in [3.8, 4) is 11.4 Å². The lowest BCUT2D eigenvalue weighted by Gasteiger charge is -2.10. The minimum Gasteiger partial charge on any atom is -0.494 e. The SMILES string of the molecule is CCOc1ccc(-n2c(C)cc(/C=N/NC(=O)CC(=O)NCCOC)c2C)cc1. The van der Waals surface area contributed by atoms with Crippen molar-refractivity contribution in [1.82, 2.24) is 15.3 Å². The highest BCUT2D eigenvalue weighted by atomic mass is 16.5. The Morgan fingerprint density at radius 3 is 2.55 bits per heavy atom. The first kappa shape index (κ1) is 22.2. The largest absolute Gasteiger partial charge is 0.494 e. The fourth-order valence-electron chi connectivity index (χ4n) is 2.89. The molecule has 0 radical (unpaired) electrons. The van der Waals surface area contributed by atoms with Crippen molar-refractivity contribution in [3.63, 3.8) is 0 Å². The highest BCUT2D eigenvalue weighted by molar-refractivity contribution is 5.97. The summed E-state index contributed by atoms with van der Waals surface area (Å²) in [4.78, 5) is 23.4. The molecule has 0 aliphatic heterocycles. The Labute approximate surface area is 170 Å². The van der Waals surface area contributed by atoms with Crippen LogP contribution in [0.5, 0.6) is 5.75 Å². The van der Waals surface area contributed by atoms with E-state index in [1.165, 1.54) is 0 Å². The summed E-state index contributed by atoms with van der Waals surface area (Å²) in [5, 5.41) is 6.56. The predicted octanol–water partition coefficient (Wildman–Crippen LogP) is 2.10. The minimum absolute atomic E-state index is 0.285. The second-order valence-electron chi connectivity index (χ2n) is 6.40. The van der Waals surface area contributed by atoms with E-state index in [0.29, 0.717) is 19.8 Å². The van der Waals surface area contributed by atoms with Crippen molar-refractivity contribution < 1.29 is 19.1 Å². The van der Waals surface area contributed by atoms with Gasteiger partial charge >= 0.3 is 0 Å². The van der Waals surface area contributed by atoms with Crippen LogP contribution in [0, 0.1) is 13.8 Å². The van der Waals surface area contributed by atoms with Crippen LogP contribution in [0.3, 0.4) is 0 Å². The molecule has 2 amide bonds. The molecule has 2 aromatic rings. The number of hydrazone groups is 1. The van der Waals surface area contributed by atoms with Crippen molar-refractivity contribution in [2.75, 3.05) is 26.9 Å². The molecule has 0 bridgehead atoms.